The standard InChI is InChI=1S/C16H27N3O2/c1-16(2,3)21-15(20)13-8-7-12(11-14(13)17)19(6)10-9-18(4)5/h7-8,11H,9-10,17H2,1-6H3. The number of hydrogen-bond acceptors (Lipinski definition) is 5. The second-order valence-corrected chi connectivity index (χ2v) is 6.50. The van der Waals surface area contributed by atoms with Gasteiger partial charge in [0, 0.05) is 31.5 Å². The molecule has 1 aromatic carbocycles. The number of carbonyl (C=O) groups is 1. The summed E-state index contributed by atoms with van der Waals surface area (Å²) in [5.41, 5.74) is 7.32. The van der Waals surface area contributed by atoms with Crippen LogP contribution in [0.5, 0.6) is 0 Å². The average Bonchev–Trinajstić information content (AvgIpc) is 2.33. The van der Waals surface area contributed by atoms with Crippen LogP contribution in [0.3, 0.4) is 0 Å². The van der Waals surface area contributed by atoms with Gasteiger partial charge in [0.2, 0.25) is 0 Å². The topological polar surface area (TPSA) is 58.8 Å². The van der Waals surface area contributed by atoms with Crippen molar-refractivity contribution in [3.8, 4) is 0 Å². The van der Waals surface area contributed by atoms with Crippen LogP contribution in [-0.4, -0.2) is 50.7 Å². The van der Waals surface area contributed by atoms with Crippen LogP contribution in [0, 0.1) is 0 Å². The molecule has 0 saturated heterocycles. The highest BCUT2D eigenvalue weighted by molar-refractivity contribution is 5.96. The zero-order chi connectivity index (χ0) is 16.2. The molecule has 2 N–H and O–H groups in total. The molecular weight excluding hydrogens is 266 g/mol. The van der Waals surface area contributed by atoms with Crippen molar-refractivity contribution < 1.29 is 9.53 Å². The number of carbonyl (C=O) groups excluding carboxylic acids is 1. The normalized spacial score (nSPS) is 11.6. The van der Waals surface area contributed by atoms with E-state index in [0.29, 0.717) is 11.3 Å². The predicted molar refractivity (Wildman–Crippen MR) is 87.8 cm³/mol. The minimum absolute atomic E-state index is 0.387. The lowest BCUT2D eigenvalue weighted by molar-refractivity contribution is 0.00708. The Morgan fingerprint density at radius 3 is 2.29 bits per heavy atom. The Bertz CT molecular complexity index is 493. The molecule has 0 heterocycles. The highest BCUT2D eigenvalue weighted by Crippen LogP contribution is 2.23. The third-order valence-electron chi connectivity index (χ3n) is 2.98. The number of rotatable bonds is 5. The largest absolute Gasteiger partial charge is 0.456 e. The first-order chi connectivity index (χ1) is 9.60. The third kappa shape index (κ3) is 5.63. The summed E-state index contributed by atoms with van der Waals surface area (Å²) >= 11 is 0. The number of anilines is 2. The lowest BCUT2D eigenvalue weighted by Gasteiger charge is -2.23. The van der Waals surface area contributed by atoms with E-state index >= 15 is 0 Å². The molecule has 0 aromatic heterocycles. The summed E-state index contributed by atoms with van der Waals surface area (Å²) in [7, 11) is 6.08. The molecule has 0 aliphatic heterocycles. The number of hydrogen-bond donors (Lipinski definition) is 1. The van der Waals surface area contributed by atoms with E-state index in [1.807, 2.05) is 54.0 Å². The van der Waals surface area contributed by atoms with Crippen molar-refractivity contribution in [3.05, 3.63) is 23.8 Å². The summed E-state index contributed by atoms with van der Waals surface area (Å²) in [6, 6.07) is 5.44. The second-order valence-electron chi connectivity index (χ2n) is 6.50. The molecule has 0 spiro atoms. The highest BCUT2D eigenvalue weighted by atomic mass is 16.6. The van der Waals surface area contributed by atoms with Gasteiger partial charge in [-0.1, -0.05) is 0 Å². The van der Waals surface area contributed by atoms with Gasteiger partial charge in [-0.3, -0.25) is 0 Å². The lowest BCUT2D eigenvalue weighted by atomic mass is 10.1. The number of nitrogens with two attached hydrogens (primary N) is 1. The molecule has 0 radical (unpaired) electrons. The molecule has 0 bridgehead atoms. The van der Waals surface area contributed by atoms with E-state index in [1.165, 1.54) is 0 Å². The highest BCUT2D eigenvalue weighted by Gasteiger charge is 2.20. The van der Waals surface area contributed by atoms with Crippen LogP contribution in [0.15, 0.2) is 18.2 Å². The van der Waals surface area contributed by atoms with Crippen molar-refractivity contribution in [2.75, 3.05) is 44.9 Å². The summed E-state index contributed by atoms with van der Waals surface area (Å²) in [4.78, 5) is 16.3. The zero-order valence-corrected chi connectivity index (χ0v) is 13.9. The van der Waals surface area contributed by atoms with E-state index in [-0.39, 0.29) is 5.97 Å². The minimum atomic E-state index is -0.523. The summed E-state index contributed by atoms with van der Waals surface area (Å²) < 4.78 is 5.34. The van der Waals surface area contributed by atoms with E-state index < -0.39 is 5.60 Å². The number of nitrogen functional groups attached to an aromatic ring is 1. The van der Waals surface area contributed by atoms with Crippen LogP contribution in [0.2, 0.25) is 0 Å². The summed E-state index contributed by atoms with van der Waals surface area (Å²) in [5, 5.41) is 0. The quantitative estimate of drug-likeness (QED) is 0.666. The summed E-state index contributed by atoms with van der Waals surface area (Å²) in [6.07, 6.45) is 0. The van der Waals surface area contributed by atoms with Crippen LogP contribution in [0.4, 0.5) is 11.4 Å². The average molecular weight is 293 g/mol. The molecule has 1 aromatic rings. The fraction of sp³-hybridized carbons (Fsp3) is 0.562. The van der Waals surface area contributed by atoms with E-state index in [0.717, 1.165) is 18.8 Å². The Morgan fingerprint density at radius 1 is 1.19 bits per heavy atom. The first-order valence-corrected chi connectivity index (χ1v) is 7.09. The van der Waals surface area contributed by atoms with Crippen molar-refractivity contribution in [3.63, 3.8) is 0 Å². The smallest absolute Gasteiger partial charge is 0.340 e. The number of esters is 1. The monoisotopic (exact) mass is 293 g/mol. The SMILES string of the molecule is CN(C)CCN(C)c1ccc(C(=O)OC(C)(C)C)c(N)c1. The number of nitrogens with zero attached hydrogens (tertiary/aromatic N) is 2. The zero-order valence-electron chi connectivity index (χ0n) is 13.9. The predicted octanol–water partition coefficient (Wildman–Crippen LogP) is 2.22. The molecule has 118 valence electrons. The van der Waals surface area contributed by atoms with Gasteiger partial charge in [-0.15, -0.1) is 0 Å². The molecule has 0 unspecified atom stereocenters. The van der Waals surface area contributed by atoms with Crippen molar-refractivity contribution in [2.24, 2.45) is 0 Å². The Morgan fingerprint density at radius 2 is 1.81 bits per heavy atom. The van der Waals surface area contributed by atoms with Gasteiger partial charge in [-0.2, -0.15) is 0 Å². The number of benzene rings is 1. The van der Waals surface area contributed by atoms with Gasteiger partial charge < -0.3 is 20.3 Å². The molecule has 21 heavy (non-hydrogen) atoms. The first-order valence-electron chi connectivity index (χ1n) is 7.09. The maximum absolute atomic E-state index is 12.1. The number of ether oxygens (including phenoxy) is 1. The third-order valence-corrected chi connectivity index (χ3v) is 2.98. The van der Waals surface area contributed by atoms with Gasteiger partial charge in [-0.25, -0.2) is 4.79 Å². The van der Waals surface area contributed by atoms with Crippen LogP contribution < -0.4 is 10.6 Å². The van der Waals surface area contributed by atoms with Crippen LogP contribution in [0.25, 0.3) is 0 Å². The molecule has 1 rings (SSSR count). The maximum Gasteiger partial charge on any atom is 0.340 e. The fourth-order valence-corrected chi connectivity index (χ4v) is 1.79. The van der Waals surface area contributed by atoms with Crippen molar-refractivity contribution in [1.29, 1.82) is 0 Å². The number of likely N-dealkylation sites (N-methyl/N-ethyl adjacent to an activating group) is 2. The van der Waals surface area contributed by atoms with Gasteiger partial charge in [0.1, 0.15) is 5.60 Å². The Kier molecular flexibility index (Phi) is 5.61. The van der Waals surface area contributed by atoms with Crippen molar-refractivity contribution in [2.45, 2.75) is 26.4 Å². The Hall–Kier alpha value is -1.75. The van der Waals surface area contributed by atoms with Crippen molar-refractivity contribution >= 4 is 17.3 Å². The van der Waals surface area contributed by atoms with Crippen LogP contribution in [-0.2, 0) is 4.74 Å². The second kappa shape index (κ2) is 6.80. The molecule has 0 atom stereocenters. The van der Waals surface area contributed by atoms with Gasteiger partial charge in [0.15, 0.2) is 0 Å². The van der Waals surface area contributed by atoms with E-state index in [1.54, 1.807) is 6.07 Å². The van der Waals surface area contributed by atoms with Crippen LogP contribution in [0.1, 0.15) is 31.1 Å². The molecule has 0 fully saturated rings. The molecular formula is C16H27N3O2. The van der Waals surface area contributed by atoms with Gasteiger partial charge >= 0.3 is 5.97 Å². The van der Waals surface area contributed by atoms with Gasteiger partial charge in [0.05, 0.1) is 5.56 Å². The van der Waals surface area contributed by atoms with Gasteiger partial charge in [-0.05, 0) is 53.1 Å². The Balaban J connectivity index is 2.83. The van der Waals surface area contributed by atoms with E-state index in [4.69, 9.17) is 10.5 Å². The summed E-state index contributed by atoms with van der Waals surface area (Å²) in [5.74, 6) is -0.387. The Labute approximate surface area is 127 Å². The molecule has 5 heteroatoms. The summed E-state index contributed by atoms with van der Waals surface area (Å²) in [6.45, 7) is 7.35. The minimum Gasteiger partial charge on any atom is -0.456 e. The molecule has 0 aliphatic rings. The first kappa shape index (κ1) is 17.3. The molecule has 0 amide bonds. The molecule has 0 saturated carbocycles. The fourth-order valence-electron chi connectivity index (χ4n) is 1.79. The lowest BCUT2D eigenvalue weighted by Crippen LogP contribution is -2.28. The van der Waals surface area contributed by atoms with E-state index in [2.05, 4.69) is 9.80 Å². The van der Waals surface area contributed by atoms with Gasteiger partial charge in [0.25, 0.3) is 0 Å². The maximum atomic E-state index is 12.1. The van der Waals surface area contributed by atoms with Crippen molar-refractivity contribution in [1.82, 2.24) is 4.90 Å². The van der Waals surface area contributed by atoms with Crippen LogP contribution >= 0.6 is 0 Å². The van der Waals surface area contributed by atoms with E-state index in [9.17, 15) is 4.79 Å². The molecule has 5 nitrogen and oxygen atoms in total. The molecule has 0 aliphatic carbocycles.